The van der Waals surface area contributed by atoms with Crippen LogP contribution in [0.5, 0.6) is 0 Å². The van der Waals surface area contributed by atoms with E-state index in [9.17, 15) is 9.59 Å². The van der Waals surface area contributed by atoms with Crippen LogP contribution >= 0.6 is 23.1 Å². The molecule has 0 bridgehead atoms. The Morgan fingerprint density at radius 3 is 2.75 bits per heavy atom. The summed E-state index contributed by atoms with van der Waals surface area (Å²) in [6.45, 7) is 5.15. The smallest absolute Gasteiger partial charge is 0.251 e. The molecule has 0 radical (unpaired) electrons. The fourth-order valence-corrected chi connectivity index (χ4v) is 4.72. The van der Waals surface area contributed by atoms with Crippen LogP contribution < -0.4 is 0 Å². The molecule has 1 unspecified atom stereocenters. The lowest BCUT2D eigenvalue weighted by Crippen LogP contribution is -2.53. The molecule has 1 aromatic heterocycles. The zero-order valence-electron chi connectivity index (χ0n) is 13.9. The first kappa shape index (κ1) is 17.7. The highest BCUT2D eigenvalue weighted by atomic mass is 32.2. The maximum absolute atomic E-state index is 12.4. The summed E-state index contributed by atoms with van der Waals surface area (Å²) in [6.07, 6.45) is 1.86. The van der Waals surface area contributed by atoms with Gasteiger partial charge in [-0.3, -0.25) is 9.59 Å². The highest BCUT2D eigenvalue weighted by Crippen LogP contribution is 2.22. The quantitative estimate of drug-likeness (QED) is 0.739. The molecule has 1 aromatic rings. The normalized spacial score (nSPS) is 21.3. The number of ether oxygens (including phenoxy) is 1. The lowest BCUT2D eigenvalue weighted by molar-refractivity contribution is -0.145. The first-order valence-electron chi connectivity index (χ1n) is 8.42. The highest BCUT2D eigenvalue weighted by Gasteiger charge is 2.31. The van der Waals surface area contributed by atoms with Gasteiger partial charge in [0.15, 0.2) is 0 Å². The molecule has 3 heterocycles. The Labute approximate surface area is 150 Å². The monoisotopic (exact) mass is 369 g/mol. The molecule has 0 aromatic carbocycles. The summed E-state index contributed by atoms with van der Waals surface area (Å²) >= 11 is 3.30. The molecule has 2 fully saturated rings. The van der Waals surface area contributed by atoms with Gasteiger partial charge in [-0.25, -0.2) is 4.98 Å². The summed E-state index contributed by atoms with van der Waals surface area (Å²) in [4.78, 5) is 32.9. The summed E-state index contributed by atoms with van der Waals surface area (Å²) in [5.41, 5.74) is 0.846. The van der Waals surface area contributed by atoms with Gasteiger partial charge >= 0.3 is 0 Å². The molecule has 1 atom stereocenters. The highest BCUT2D eigenvalue weighted by molar-refractivity contribution is 8.00. The van der Waals surface area contributed by atoms with Crippen molar-refractivity contribution in [2.45, 2.75) is 36.6 Å². The number of carbonyl (C=O) groups excluding carboxylic acids is 2. The second-order valence-corrected chi connectivity index (χ2v) is 8.29. The number of nitrogens with zero attached hydrogens (tertiary/aromatic N) is 3. The molecule has 0 aliphatic carbocycles. The number of piperazine rings is 1. The van der Waals surface area contributed by atoms with Gasteiger partial charge in [-0.2, -0.15) is 0 Å². The Morgan fingerprint density at radius 2 is 2.08 bits per heavy atom. The summed E-state index contributed by atoms with van der Waals surface area (Å²) in [7, 11) is 0. The third kappa shape index (κ3) is 4.29. The molecule has 0 saturated carbocycles. The Kier molecular flexibility index (Phi) is 6.13. The van der Waals surface area contributed by atoms with Gasteiger partial charge in [0, 0.05) is 38.2 Å². The summed E-state index contributed by atoms with van der Waals surface area (Å²) in [5.74, 6) is 1.17. The number of rotatable bonds is 5. The Balaban J connectivity index is 1.46. The van der Waals surface area contributed by atoms with E-state index in [4.69, 9.17) is 4.74 Å². The number of hydrogen-bond acceptors (Lipinski definition) is 6. The zero-order valence-corrected chi connectivity index (χ0v) is 15.5. The van der Waals surface area contributed by atoms with Gasteiger partial charge in [-0.1, -0.05) is 18.7 Å². The van der Waals surface area contributed by atoms with Crippen LogP contribution in [-0.4, -0.2) is 71.2 Å². The fraction of sp³-hybridized carbons (Fsp3) is 0.688. The van der Waals surface area contributed by atoms with Crippen LogP contribution in [0.3, 0.4) is 0 Å². The summed E-state index contributed by atoms with van der Waals surface area (Å²) in [5, 5.41) is 1.97. The average molecular weight is 370 g/mol. The van der Waals surface area contributed by atoms with Crippen LogP contribution in [-0.2, 0) is 20.7 Å². The number of amides is 2. The molecule has 0 spiro atoms. The summed E-state index contributed by atoms with van der Waals surface area (Å²) < 4.78 is 6.48. The van der Waals surface area contributed by atoms with Gasteiger partial charge in [-0.05, 0) is 18.6 Å². The van der Waals surface area contributed by atoms with Gasteiger partial charge in [0.05, 0.1) is 12.1 Å². The Morgan fingerprint density at radius 1 is 1.33 bits per heavy atom. The van der Waals surface area contributed by atoms with E-state index in [-0.39, 0.29) is 17.9 Å². The second kappa shape index (κ2) is 8.31. The second-order valence-electron chi connectivity index (χ2n) is 5.92. The molecular formula is C16H23N3O3S2. The molecule has 2 saturated heterocycles. The maximum atomic E-state index is 12.4. The average Bonchev–Trinajstić information content (AvgIpc) is 3.27. The molecule has 0 N–H and O–H groups in total. The van der Waals surface area contributed by atoms with E-state index in [1.165, 1.54) is 0 Å². The minimum absolute atomic E-state index is 0.0836. The topological polar surface area (TPSA) is 62.7 Å². The molecule has 132 valence electrons. The van der Waals surface area contributed by atoms with E-state index in [0.717, 1.165) is 28.6 Å². The Bertz CT molecular complexity index is 579. The third-order valence-corrected chi connectivity index (χ3v) is 6.23. The van der Waals surface area contributed by atoms with Crippen molar-refractivity contribution in [1.29, 1.82) is 0 Å². The van der Waals surface area contributed by atoms with E-state index >= 15 is 0 Å². The van der Waals surface area contributed by atoms with Gasteiger partial charge in [-0.15, -0.1) is 11.3 Å². The van der Waals surface area contributed by atoms with Crippen LogP contribution in [0.1, 0.15) is 25.5 Å². The van der Waals surface area contributed by atoms with Crippen LogP contribution in [0.4, 0.5) is 0 Å². The fourth-order valence-electron chi connectivity index (χ4n) is 2.98. The standard InChI is InChI=1S/C16H23N3O3S2/c1-2-23-16-17-12(11-24-16)10-14(20)18-5-7-19(8-6-18)15(21)13-4-3-9-22-13/h11,13H,2-10H2,1H3. The first-order valence-corrected chi connectivity index (χ1v) is 10.3. The molecule has 2 aliphatic heterocycles. The van der Waals surface area contributed by atoms with Crippen molar-refractivity contribution in [2.75, 3.05) is 38.5 Å². The predicted molar refractivity (Wildman–Crippen MR) is 94.4 cm³/mol. The van der Waals surface area contributed by atoms with Crippen molar-refractivity contribution in [3.63, 3.8) is 0 Å². The van der Waals surface area contributed by atoms with Crippen LogP contribution in [0, 0.1) is 0 Å². The molecular weight excluding hydrogens is 346 g/mol. The number of aromatic nitrogens is 1. The molecule has 3 rings (SSSR count). The van der Waals surface area contributed by atoms with Crippen molar-refractivity contribution in [3.05, 3.63) is 11.1 Å². The van der Waals surface area contributed by atoms with Crippen LogP contribution in [0.25, 0.3) is 0 Å². The SMILES string of the molecule is CCSc1nc(CC(=O)N2CCN(C(=O)C3CCCO3)CC2)cs1. The molecule has 8 heteroatoms. The van der Waals surface area contributed by atoms with Crippen molar-refractivity contribution < 1.29 is 14.3 Å². The van der Waals surface area contributed by atoms with E-state index in [0.29, 0.717) is 39.2 Å². The van der Waals surface area contributed by atoms with Gasteiger partial charge in [0.1, 0.15) is 10.4 Å². The van der Waals surface area contributed by atoms with Crippen molar-refractivity contribution in [1.82, 2.24) is 14.8 Å². The maximum Gasteiger partial charge on any atom is 0.251 e. The van der Waals surface area contributed by atoms with Crippen molar-refractivity contribution in [3.8, 4) is 0 Å². The Hall–Kier alpha value is -1.12. The lowest BCUT2D eigenvalue weighted by atomic mass is 10.2. The number of carbonyl (C=O) groups is 2. The van der Waals surface area contributed by atoms with Crippen LogP contribution in [0.2, 0.25) is 0 Å². The van der Waals surface area contributed by atoms with Gasteiger partial charge in [0.2, 0.25) is 5.91 Å². The third-order valence-electron chi connectivity index (χ3n) is 4.28. The minimum atomic E-state index is -0.267. The van der Waals surface area contributed by atoms with E-state index in [1.54, 1.807) is 23.1 Å². The largest absolute Gasteiger partial charge is 0.368 e. The molecule has 24 heavy (non-hydrogen) atoms. The number of hydrogen-bond donors (Lipinski definition) is 0. The van der Waals surface area contributed by atoms with Gasteiger partial charge in [0.25, 0.3) is 5.91 Å². The van der Waals surface area contributed by atoms with Crippen molar-refractivity contribution >= 4 is 34.9 Å². The predicted octanol–water partition coefficient (Wildman–Crippen LogP) is 1.65. The molecule has 2 amide bonds. The number of thioether (sulfide) groups is 1. The summed E-state index contributed by atoms with van der Waals surface area (Å²) in [6, 6.07) is 0. The van der Waals surface area contributed by atoms with E-state index in [2.05, 4.69) is 11.9 Å². The number of thiazole rings is 1. The van der Waals surface area contributed by atoms with E-state index < -0.39 is 0 Å². The minimum Gasteiger partial charge on any atom is -0.368 e. The van der Waals surface area contributed by atoms with E-state index in [1.807, 2.05) is 15.2 Å². The first-order chi connectivity index (χ1) is 11.7. The lowest BCUT2D eigenvalue weighted by Gasteiger charge is -2.35. The van der Waals surface area contributed by atoms with Gasteiger partial charge < -0.3 is 14.5 Å². The molecule has 2 aliphatic rings. The van der Waals surface area contributed by atoms with Crippen LogP contribution in [0.15, 0.2) is 9.72 Å². The van der Waals surface area contributed by atoms with Crippen molar-refractivity contribution in [2.24, 2.45) is 0 Å². The zero-order chi connectivity index (χ0) is 16.9. The molecule has 6 nitrogen and oxygen atoms in total.